The summed E-state index contributed by atoms with van der Waals surface area (Å²) in [5.74, 6) is -1.23. The molecule has 2 unspecified atom stereocenters. The van der Waals surface area contributed by atoms with Gasteiger partial charge in [0.15, 0.2) is 6.04 Å². The van der Waals surface area contributed by atoms with Gasteiger partial charge in [-0.05, 0) is 19.3 Å². The molecule has 0 aromatic carbocycles. The number of aliphatic carboxylic acids is 1. The van der Waals surface area contributed by atoms with E-state index in [1.807, 2.05) is 0 Å². The van der Waals surface area contributed by atoms with Crippen LogP contribution in [0.1, 0.15) is 19.3 Å². The molecule has 17 heavy (non-hydrogen) atoms. The zero-order chi connectivity index (χ0) is 12.3. The van der Waals surface area contributed by atoms with Gasteiger partial charge in [-0.25, -0.2) is 4.79 Å². The number of carbonyl (C=O) groups is 2. The maximum Gasteiger partial charge on any atom is 0.328 e. The molecule has 0 aliphatic carbocycles. The van der Waals surface area contributed by atoms with Crippen molar-refractivity contribution in [2.75, 3.05) is 26.4 Å². The van der Waals surface area contributed by atoms with E-state index in [4.69, 9.17) is 14.6 Å². The van der Waals surface area contributed by atoms with Gasteiger partial charge in [0.05, 0.1) is 13.2 Å². The molecule has 6 heteroatoms. The first-order valence-corrected chi connectivity index (χ1v) is 5.93. The highest BCUT2D eigenvalue weighted by atomic mass is 16.5. The second kappa shape index (κ2) is 5.46. The molecular weight excluding hydrogens is 226 g/mol. The van der Waals surface area contributed by atoms with E-state index >= 15 is 0 Å². The van der Waals surface area contributed by atoms with Crippen molar-refractivity contribution >= 4 is 11.9 Å². The van der Waals surface area contributed by atoms with E-state index < -0.39 is 18.1 Å². The first-order chi connectivity index (χ1) is 8.20. The van der Waals surface area contributed by atoms with Gasteiger partial charge in [-0.2, -0.15) is 0 Å². The molecule has 0 radical (unpaired) electrons. The van der Waals surface area contributed by atoms with Gasteiger partial charge >= 0.3 is 5.97 Å². The summed E-state index contributed by atoms with van der Waals surface area (Å²) in [6, 6.07) is -0.873. The number of carboxylic acid groups (broad SMARTS) is 1. The fourth-order valence-electron chi connectivity index (χ4n) is 2.19. The number of amides is 1. The first-order valence-electron chi connectivity index (χ1n) is 5.93. The zero-order valence-electron chi connectivity index (χ0n) is 9.63. The van der Waals surface area contributed by atoms with Gasteiger partial charge in [-0.3, -0.25) is 4.79 Å². The van der Waals surface area contributed by atoms with Gasteiger partial charge in [0.25, 0.3) is 5.91 Å². The summed E-state index contributed by atoms with van der Waals surface area (Å²) in [6.07, 6.45) is 2.14. The highest BCUT2D eigenvalue weighted by molar-refractivity contribution is 5.86. The Hall–Kier alpha value is -1.14. The summed E-state index contributed by atoms with van der Waals surface area (Å²) < 4.78 is 10.5. The van der Waals surface area contributed by atoms with E-state index in [0.29, 0.717) is 26.2 Å². The molecule has 2 heterocycles. The fourth-order valence-corrected chi connectivity index (χ4v) is 2.19. The number of carboxylic acids is 1. The molecule has 0 spiro atoms. The van der Waals surface area contributed by atoms with Crippen LogP contribution in [0.25, 0.3) is 0 Å². The van der Waals surface area contributed by atoms with Crippen LogP contribution in [-0.2, 0) is 19.1 Å². The minimum atomic E-state index is -1.02. The molecule has 0 aromatic rings. The molecule has 2 aliphatic heterocycles. The van der Waals surface area contributed by atoms with Gasteiger partial charge in [-0.1, -0.05) is 0 Å². The van der Waals surface area contributed by atoms with Crippen molar-refractivity contribution < 1.29 is 24.2 Å². The van der Waals surface area contributed by atoms with Crippen molar-refractivity contribution in [1.29, 1.82) is 0 Å². The molecule has 2 atom stereocenters. The largest absolute Gasteiger partial charge is 0.480 e. The Morgan fingerprint density at radius 2 is 2.06 bits per heavy atom. The van der Waals surface area contributed by atoms with E-state index in [1.54, 1.807) is 0 Å². The third kappa shape index (κ3) is 2.76. The summed E-state index contributed by atoms with van der Waals surface area (Å²) in [5, 5.41) is 9.04. The van der Waals surface area contributed by atoms with Gasteiger partial charge in [0.1, 0.15) is 6.10 Å². The maximum absolute atomic E-state index is 12.2. The van der Waals surface area contributed by atoms with Crippen LogP contribution in [0.3, 0.4) is 0 Å². The van der Waals surface area contributed by atoms with Crippen LogP contribution in [0.2, 0.25) is 0 Å². The molecule has 96 valence electrons. The van der Waals surface area contributed by atoms with Crippen LogP contribution in [0, 0.1) is 0 Å². The predicted octanol–water partition coefficient (Wildman–Crippen LogP) is -0.133. The monoisotopic (exact) mass is 243 g/mol. The van der Waals surface area contributed by atoms with Crippen LogP contribution >= 0.6 is 0 Å². The van der Waals surface area contributed by atoms with Crippen LogP contribution in [-0.4, -0.2) is 60.4 Å². The normalized spacial score (nSPS) is 30.0. The smallest absolute Gasteiger partial charge is 0.328 e. The first kappa shape index (κ1) is 12.3. The van der Waals surface area contributed by atoms with Gasteiger partial charge in [0, 0.05) is 13.2 Å². The van der Waals surface area contributed by atoms with E-state index in [2.05, 4.69) is 0 Å². The number of hydrogen-bond donors (Lipinski definition) is 1. The minimum absolute atomic E-state index is 0.0633. The highest BCUT2D eigenvalue weighted by Gasteiger charge is 2.36. The average molecular weight is 243 g/mol. The molecule has 2 fully saturated rings. The standard InChI is InChI=1S/C11H17NO5/c13-10(9-3-1-2-5-17-9)12-4-6-16-7-8(12)11(14)15/h8-9H,1-7H2,(H,14,15). The molecule has 0 saturated carbocycles. The lowest BCUT2D eigenvalue weighted by atomic mass is 10.1. The van der Waals surface area contributed by atoms with Crippen LogP contribution in [0.4, 0.5) is 0 Å². The lowest BCUT2D eigenvalue weighted by molar-refractivity contribution is -0.165. The Labute approximate surface area is 99.5 Å². The molecule has 2 aliphatic rings. The number of rotatable bonds is 2. The molecule has 0 aromatic heterocycles. The summed E-state index contributed by atoms with van der Waals surface area (Å²) >= 11 is 0. The van der Waals surface area contributed by atoms with Crippen LogP contribution in [0.5, 0.6) is 0 Å². The van der Waals surface area contributed by atoms with E-state index in [1.165, 1.54) is 4.90 Å². The average Bonchev–Trinajstić information content (AvgIpc) is 2.39. The topological polar surface area (TPSA) is 76.1 Å². The maximum atomic E-state index is 12.2. The van der Waals surface area contributed by atoms with E-state index in [9.17, 15) is 9.59 Å². The number of hydrogen-bond acceptors (Lipinski definition) is 4. The molecule has 1 N–H and O–H groups in total. The number of ether oxygens (including phenoxy) is 2. The third-order valence-corrected chi connectivity index (χ3v) is 3.15. The van der Waals surface area contributed by atoms with Crippen molar-refractivity contribution in [2.45, 2.75) is 31.4 Å². The second-order valence-electron chi connectivity index (χ2n) is 4.32. The van der Waals surface area contributed by atoms with Crippen LogP contribution < -0.4 is 0 Å². The highest BCUT2D eigenvalue weighted by Crippen LogP contribution is 2.18. The predicted molar refractivity (Wildman–Crippen MR) is 57.5 cm³/mol. The summed E-state index contributed by atoms with van der Waals surface area (Å²) in [5.41, 5.74) is 0. The SMILES string of the molecule is O=C(O)C1COCCN1C(=O)C1CCCCO1. The molecular formula is C11H17NO5. The van der Waals surface area contributed by atoms with Crippen molar-refractivity contribution in [3.63, 3.8) is 0 Å². The van der Waals surface area contributed by atoms with Crippen molar-refractivity contribution in [2.24, 2.45) is 0 Å². The summed E-state index contributed by atoms with van der Waals surface area (Å²) in [7, 11) is 0. The quantitative estimate of drug-likeness (QED) is 0.731. The van der Waals surface area contributed by atoms with E-state index in [0.717, 1.165) is 12.8 Å². The Kier molecular flexibility index (Phi) is 3.96. The van der Waals surface area contributed by atoms with E-state index in [-0.39, 0.29) is 12.5 Å². The summed E-state index contributed by atoms with van der Waals surface area (Å²) in [6.45, 7) is 1.37. The second-order valence-corrected chi connectivity index (χ2v) is 4.32. The van der Waals surface area contributed by atoms with Crippen molar-refractivity contribution in [3.8, 4) is 0 Å². The Morgan fingerprint density at radius 3 is 2.71 bits per heavy atom. The molecule has 1 amide bonds. The molecule has 2 saturated heterocycles. The van der Waals surface area contributed by atoms with Crippen molar-refractivity contribution in [3.05, 3.63) is 0 Å². The number of carbonyl (C=O) groups excluding carboxylic acids is 1. The zero-order valence-corrected chi connectivity index (χ0v) is 9.63. The lowest BCUT2D eigenvalue weighted by Gasteiger charge is -2.36. The Balaban J connectivity index is 2.02. The van der Waals surface area contributed by atoms with Crippen molar-refractivity contribution in [1.82, 2.24) is 4.90 Å². The van der Waals surface area contributed by atoms with Gasteiger partial charge in [-0.15, -0.1) is 0 Å². The molecule has 2 rings (SSSR count). The van der Waals surface area contributed by atoms with Crippen LogP contribution in [0.15, 0.2) is 0 Å². The van der Waals surface area contributed by atoms with Gasteiger partial charge in [0.2, 0.25) is 0 Å². The Morgan fingerprint density at radius 1 is 1.24 bits per heavy atom. The fraction of sp³-hybridized carbons (Fsp3) is 0.818. The number of morpholine rings is 1. The third-order valence-electron chi connectivity index (χ3n) is 3.15. The summed E-state index contributed by atoms with van der Waals surface area (Å²) in [4.78, 5) is 24.6. The molecule has 6 nitrogen and oxygen atoms in total. The number of nitrogens with zero attached hydrogens (tertiary/aromatic N) is 1. The lowest BCUT2D eigenvalue weighted by Crippen LogP contribution is -2.56. The Bertz CT molecular complexity index is 300. The minimum Gasteiger partial charge on any atom is -0.480 e. The molecule has 0 bridgehead atoms. The van der Waals surface area contributed by atoms with Gasteiger partial charge < -0.3 is 19.5 Å².